The Morgan fingerprint density at radius 2 is 1.61 bits per heavy atom. The van der Waals surface area contributed by atoms with Gasteiger partial charge in [-0.3, -0.25) is 9.78 Å². The number of ether oxygens (including phenoxy) is 2. The SMILES string of the molecule is CCc1ccc(Nc2ccnc(C(=O)Nc3ccc(OC)c(OC)c3)c2)cc1. The summed E-state index contributed by atoms with van der Waals surface area (Å²) in [6.07, 6.45) is 2.60. The van der Waals surface area contributed by atoms with E-state index in [1.165, 1.54) is 5.56 Å². The Bertz CT molecular complexity index is 955. The number of pyridine rings is 1. The van der Waals surface area contributed by atoms with Crippen molar-refractivity contribution < 1.29 is 14.3 Å². The number of aromatic nitrogens is 1. The summed E-state index contributed by atoms with van der Waals surface area (Å²) in [7, 11) is 3.11. The zero-order chi connectivity index (χ0) is 19.9. The first-order valence-electron chi connectivity index (χ1n) is 8.98. The lowest BCUT2D eigenvalue weighted by atomic mass is 10.1. The molecule has 28 heavy (non-hydrogen) atoms. The van der Waals surface area contributed by atoms with Crippen molar-refractivity contribution in [3.8, 4) is 11.5 Å². The number of methoxy groups -OCH3 is 2. The Morgan fingerprint density at radius 1 is 0.893 bits per heavy atom. The van der Waals surface area contributed by atoms with Crippen molar-refractivity contribution in [1.82, 2.24) is 4.98 Å². The Hall–Kier alpha value is -3.54. The van der Waals surface area contributed by atoms with Crippen molar-refractivity contribution in [1.29, 1.82) is 0 Å². The maximum absolute atomic E-state index is 12.6. The fourth-order valence-electron chi connectivity index (χ4n) is 2.73. The van der Waals surface area contributed by atoms with Crippen LogP contribution in [0.15, 0.2) is 60.8 Å². The van der Waals surface area contributed by atoms with Crippen molar-refractivity contribution in [2.45, 2.75) is 13.3 Å². The number of benzene rings is 2. The molecule has 0 aliphatic rings. The maximum atomic E-state index is 12.6. The van der Waals surface area contributed by atoms with E-state index in [-0.39, 0.29) is 5.91 Å². The summed E-state index contributed by atoms with van der Waals surface area (Å²) in [5.41, 5.74) is 3.92. The number of hydrogen-bond acceptors (Lipinski definition) is 5. The highest BCUT2D eigenvalue weighted by Gasteiger charge is 2.11. The van der Waals surface area contributed by atoms with Gasteiger partial charge >= 0.3 is 0 Å². The Kier molecular flexibility index (Phi) is 6.11. The minimum Gasteiger partial charge on any atom is -0.493 e. The molecular formula is C22H23N3O3. The predicted molar refractivity (Wildman–Crippen MR) is 111 cm³/mol. The van der Waals surface area contributed by atoms with E-state index in [1.807, 2.05) is 18.2 Å². The molecule has 0 atom stereocenters. The van der Waals surface area contributed by atoms with Crippen LogP contribution in [-0.2, 0) is 6.42 Å². The number of rotatable bonds is 7. The lowest BCUT2D eigenvalue weighted by Gasteiger charge is -2.11. The van der Waals surface area contributed by atoms with Crippen LogP contribution in [0, 0.1) is 0 Å². The van der Waals surface area contributed by atoms with E-state index in [0.717, 1.165) is 17.8 Å². The molecule has 0 bridgehead atoms. The smallest absolute Gasteiger partial charge is 0.274 e. The topological polar surface area (TPSA) is 72.5 Å². The molecule has 0 aliphatic carbocycles. The van der Waals surface area contributed by atoms with Crippen LogP contribution >= 0.6 is 0 Å². The zero-order valence-electron chi connectivity index (χ0n) is 16.2. The standard InChI is InChI=1S/C22H23N3O3/c1-4-15-5-7-16(8-6-15)24-18-11-12-23-19(13-18)22(26)25-17-9-10-20(27-2)21(14-17)28-3/h5-14H,4H2,1-3H3,(H,23,24)(H,25,26). The number of carbonyl (C=O) groups is 1. The van der Waals surface area contributed by atoms with E-state index in [2.05, 4.69) is 34.7 Å². The number of anilines is 3. The van der Waals surface area contributed by atoms with Gasteiger partial charge < -0.3 is 20.1 Å². The highest BCUT2D eigenvalue weighted by atomic mass is 16.5. The van der Waals surface area contributed by atoms with Gasteiger partial charge in [-0.1, -0.05) is 19.1 Å². The van der Waals surface area contributed by atoms with Gasteiger partial charge in [-0.25, -0.2) is 0 Å². The number of hydrogen-bond donors (Lipinski definition) is 2. The Morgan fingerprint density at radius 3 is 2.29 bits per heavy atom. The first-order valence-corrected chi connectivity index (χ1v) is 8.98. The average Bonchev–Trinajstić information content (AvgIpc) is 2.74. The van der Waals surface area contributed by atoms with Crippen molar-refractivity contribution >= 4 is 23.0 Å². The van der Waals surface area contributed by atoms with Gasteiger partial charge in [-0.05, 0) is 48.4 Å². The normalized spacial score (nSPS) is 10.2. The minimum absolute atomic E-state index is 0.308. The molecule has 2 N–H and O–H groups in total. The van der Waals surface area contributed by atoms with Gasteiger partial charge in [0.2, 0.25) is 0 Å². The molecule has 6 nitrogen and oxygen atoms in total. The molecule has 0 spiro atoms. The molecular weight excluding hydrogens is 354 g/mol. The number of amides is 1. The van der Waals surface area contributed by atoms with Crippen molar-refractivity contribution in [3.63, 3.8) is 0 Å². The van der Waals surface area contributed by atoms with Crippen molar-refractivity contribution in [2.24, 2.45) is 0 Å². The van der Waals surface area contributed by atoms with Crippen LogP contribution in [0.2, 0.25) is 0 Å². The number of carbonyl (C=O) groups excluding carboxylic acids is 1. The van der Waals surface area contributed by atoms with Crippen LogP contribution in [0.1, 0.15) is 23.0 Å². The summed E-state index contributed by atoms with van der Waals surface area (Å²) < 4.78 is 10.5. The van der Waals surface area contributed by atoms with Crippen LogP contribution in [0.4, 0.5) is 17.1 Å². The third-order valence-corrected chi connectivity index (χ3v) is 4.28. The van der Waals surface area contributed by atoms with E-state index in [1.54, 1.807) is 44.7 Å². The van der Waals surface area contributed by atoms with Crippen LogP contribution in [0.3, 0.4) is 0 Å². The van der Waals surface area contributed by atoms with Gasteiger partial charge in [0, 0.05) is 29.3 Å². The van der Waals surface area contributed by atoms with E-state index in [0.29, 0.717) is 22.9 Å². The summed E-state index contributed by atoms with van der Waals surface area (Å²) in [6.45, 7) is 2.12. The van der Waals surface area contributed by atoms with E-state index in [9.17, 15) is 4.79 Å². The highest BCUT2D eigenvalue weighted by molar-refractivity contribution is 6.03. The number of nitrogens with zero attached hydrogens (tertiary/aromatic N) is 1. The zero-order valence-corrected chi connectivity index (χ0v) is 16.2. The summed E-state index contributed by atoms with van der Waals surface area (Å²) in [5, 5.41) is 6.12. The molecule has 0 saturated carbocycles. The first kappa shape index (κ1) is 19.2. The van der Waals surface area contributed by atoms with Crippen LogP contribution in [0.5, 0.6) is 11.5 Å². The molecule has 6 heteroatoms. The maximum Gasteiger partial charge on any atom is 0.274 e. The molecule has 2 aromatic carbocycles. The molecule has 0 fully saturated rings. The third-order valence-electron chi connectivity index (χ3n) is 4.28. The second kappa shape index (κ2) is 8.90. The van der Waals surface area contributed by atoms with Crippen LogP contribution < -0.4 is 20.1 Å². The largest absolute Gasteiger partial charge is 0.493 e. The molecule has 1 aromatic heterocycles. The van der Waals surface area contributed by atoms with Gasteiger partial charge in [0.25, 0.3) is 5.91 Å². The van der Waals surface area contributed by atoms with Crippen LogP contribution in [0.25, 0.3) is 0 Å². The summed E-state index contributed by atoms with van der Waals surface area (Å²) in [4.78, 5) is 16.8. The van der Waals surface area contributed by atoms with E-state index in [4.69, 9.17) is 9.47 Å². The van der Waals surface area contributed by atoms with Crippen molar-refractivity contribution in [3.05, 3.63) is 72.1 Å². The minimum atomic E-state index is -0.308. The van der Waals surface area contributed by atoms with Gasteiger partial charge in [-0.2, -0.15) is 0 Å². The Balaban J connectivity index is 1.73. The molecule has 3 aromatic rings. The quantitative estimate of drug-likeness (QED) is 0.627. The molecule has 1 amide bonds. The van der Waals surface area contributed by atoms with Gasteiger partial charge in [-0.15, -0.1) is 0 Å². The molecule has 0 radical (unpaired) electrons. The van der Waals surface area contributed by atoms with Gasteiger partial charge in [0.1, 0.15) is 5.69 Å². The van der Waals surface area contributed by atoms with Gasteiger partial charge in [0.05, 0.1) is 14.2 Å². The number of aryl methyl sites for hydroxylation is 1. The second-order valence-electron chi connectivity index (χ2n) is 6.13. The fraction of sp³-hybridized carbons (Fsp3) is 0.182. The van der Waals surface area contributed by atoms with E-state index >= 15 is 0 Å². The van der Waals surface area contributed by atoms with Crippen LogP contribution in [-0.4, -0.2) is 25.1 Å². The predicted octanol–water partition coefficient (Wildman–Crippen LogP) is 4.66. The highest BCUT2D eigenvalue weighted by Crippen LogP contribution is 2.30. The number of nitrogens with one attached hydrogen (secondary N) is 2. The summed E-state index contributed by atoms with van der Waals surface area (Å²) in [6, 6.07) is 16.9. The summed E-state index contributed by atoms with van der Waals surface area (Å²) >= 11 is 0. The monoisotopic (exact) mass is 377 g/mol. The van der Waals surface area contributed by atoms with Gasteiger partial charge in [0.15, 0.2) is 11.5 Å². The van der Waals surface area contributed by atoms with Crippen molar-refractivity contribution in [2.75, 3.05) is 24.9 Å². The molecule has 144 valence electrons. The molecule has 1 heterocycles. The molecule has 3 rings (SSSR count). The average molecular weight is 377 g/mol. The lowest BCUT2D eigenvalue weighted by molar-refractivity contribution is 0.102. The fourth-order valence-corrected chi connectivity index (χ4v) is 2.73. The molecule has 0 unspecified atom stereocenters. The Labute approximate surface area is 164 Å². The summed E-state index contributed by atoms with van der Waals surface area (Å²) in [5.74, 6) is 0.829. The second-order valence-corrected chi connectivity index (χ2v) is 6.13. The third kappa shape index (κ3) is 4.59. The van der Waals surface area contributed by atoms with E-state index < -0.39 is 0 Å². The molecule has 0 saturated heterocycles. The first-order chi connectivity index (χ1) is 13.6. The lowest BCUT2D eigenvalue weighted by Crippen LogP contribution is -2.14. The molecule has 0 aliphatic heterocycles.